The summed E-state index contributed by atoms with van der Waals surface area (Å²) in [6.07, 6.45) is 0. The van der Waals surface area contributed by atoms with Gasteiger partial charge in [0.05, 0.1) is 0 Å². The number of fused-ring (bicyclic) bond motifs is 1. The molecule has 70 valence electrons. The molecule has 1 heterocycles. The van der Waals surface area contributed by atoms with E-state index in [0.29, 0.717) is 6.04 Å². The number of hydrogen-bond acceptors (Lipinski definition) is 2. The minimum atomic E-state index is 0.635. The average molecular weight is 193 g/mol. The van der Waals surface area contributed by atoms with Crippen molar-refractivity contribution in [1.29, 1.82) is 0 Å². The lowest BCUT2D eigenvalue weighted by atomic mass is 10.1. The molecule has 0 spiro atoms. The van der Waals surface area contributed by atoms with Gasteiger partial charge in [0.15, 0.2) is 0 Å². The van der Waals surface area contributed by atoms with E-state index in [1.165, 1.54) is 11.1 Å². The maximum Gasteiger partial charge on any atom is 0.0243 e. The Labute approximate surface area is 85.2 Å². The summed E-state index contributed by atoms with van der Waals surface area (Å²) in [5.74, 6) is 0. The SMILES string of the molecule is CC(C)N1Cc2ccc(S)cc2C1. The topological polar surface area (TPSA) is 3.24 Å². The second kappa shape index (κ2) is 3.35. The highest BCUT2D eigenvalue weighted by atomic mass is 32.1. The molecule has 2 heteroatoms. The predicted octanol–water partition coefficient (Wildman–Crippen LogP) is 2.70. The van der Waals surface area contributed by atoms with Crippen molar-refractivity contribution in [1.82, 2.24) is 4.90 Å². The van der Waals surface area contributed by atoms with Crippen molar-refractivity contribution in [2.45, 2.75) is 37.9 Å². The molecule has 0 fully saturated rings. The van der Waals surface area contributed by atoms with E-state index in [1.54, 1.807) is 0 Å². The van der Waals surface area contributed by atoms with Gasteiger partial charge in [0.2, 0.25) is 0 Å². The fourth-order valence-electron chi connectivity index (χ4n) is 1.77. The maximum absolute atomic E-state index is 4.35. The third-order valence-electron chi connectivity index (χ3n) is 2.67. The van der Waals surface area contributed by atoms with Crippen LogP contribution in [0.15, 0.2) is 23.1 Å². The molecule has 1 aromatic carbocycles. The van der Waals surface area contributed by atoms with Crippen LogP contribution in [0.3, 0.4) is 0 Å². The largest absolute Gasteiger partial charge is 0.292 e. The monoisotopic (exact) mass is 193 g/mol. The van der Waals surface area contributed by atoms with E-state index in [-0.39, 0.29) is 0 Å². The number of benzene rings is 1. The Morgan fingerprint density at radius 1 is 1.23 bits per heavy atom. The fraction of sp³-hybridized carbons (Fsp3) is 0.455. The highest BCUT2D eigenvalue weighted by molar-refractivity contribution is 7.80. The van der Waals surface area contributed by atoms with Gasteiger partial charge in [0.1, 0.15) is 0 Å². The van der Waals surface area contributed by atoms with Gasteiger partial charge in [-0.1, -0.05) is 6.07 Å². The summed E-state index contributed by atoms with van der Waals surface area (Å²) in [5, 5.41) is 0. The summed E-state index contributed by atoms with van der Waals surface area (Å²) in [5.41, 5.74) is 2.91. The quantitative estimate of drug-likeness (QED) is 0.671. The molecule has 0 N–H and O–H groups in total. The third-order valence-corrected chi connectivity index (χ3v) is 2.95. The first-order chi connectivity index (χ1) is 6.16. The molecule has 1 aromatic rings. The number of hydrogen-bond donors (Lipinski definition) is 1. The normalized spacial score (nSPS) is 16.6. The molecule has 0 unspecified atom stereocenters. The lowest BCUT2D eigenvalue weighted by Crippen LogP contribution is -2.24. The summed E-state index contributed by atoms with van der Waals surface area (Å²) in [7, 11) is 0. The van der Waals surface area contributed by atoms with E-state index in [2.05, 4.69) is 49.6 Å². The van der Waals surface area contributed by atoms with Crippen LogP contribution in [0.4, 0.5) is 0 Å². The third kappa shape index (κ3) is 1.74. The van der Waals surface area contributed by atoms with Gasteiger partial charge >= 0.3 is 0 Å². The fourth-order valence-corrected chi connectivity index (χ4v) is 2.00. The van der Waals surface area contributed by atoms with Gasteiger partial charge < -0.3 is 0 Å². The Hall–Kier alpha value is -0.470. The number of nitrogens with zero attached hydrogens (tertiary/aromatic N) is 1. The summed E-state index contributed by atoms with van der Waals surface area (Å²) >= 11 is 4.35. The first-order valence-electron chi connectivity index (χ1n) is 4.71. The second-order valence-electron chi connectivity index (χ2n) is 3.95. The molecule has 0 radical (unpaired) electrons. The van der Waals surface area contributed by atoms with E-state index in [0.717, 1.165) is 18.0 Å². The molecular weight excluding hydrogens is 178 g/mol. The zero-order valence-electron chi connectivity index (χ0n) is 8.12. The number of thiol groups is 1. The first-order valence-corrected chi connectivity index (χ1v) is 5.16. The lowest BCUT2D eigenvalue weighted by molar-refractivity contribution is 0.227. The second-order valence-corrected chi connectivity index (χ2v) is 4.47. The van der Waals surface area contributed by atoms with Crippen LogP contribution in [0.5, 0.6) is 0 Å². The Bertz CT molecular complexity index is 320. The van der Waals surface area contributed by atoms with Crippen LogP contribution in [0.1, 0.15) is 25.0 Å². The summed E-state index contributed by atoms with van der Waals surface area (Å²) in [6, 6.07) is 7.09. The number of rotatable bonds is 1. The van der Waals surface area contributed by atoms with Crippen LogP contribution < -0.4 is 0 Å². The van der Waals surface area contributed by atoms with E-state index < -0.39 is 0 Å². The van der Waals surface area contributed by atoms with E-state index in [1.807, 2.05) is 0 Å². The van der Waals surface area contributed by atoms with Crippen LogP contribution in [-0.2, 0) is 13.1 Å². The molecule has 1 aliphatic rings. The van der Waals surface area contributed by atoms with Crippen LogP contribution in [0, 0.1) is 0 Å². The van der Waals surface area contributed by atoms with Crippen molar-refractivity contribution in [3.05, 3.63) is 29.3 Å². The van der Waals surface area contributed by atoms with Crippen molar-refractivity contribution in [3.8, 4) is 0 Å². The van der Waals surface area contributed by atoms with Gasteiger partial charge in [-0.25, -0.2) is 0 Å². The smallest absolute Gasteiger partial charge is 0.0243 e. The van der Waals surface area contributed by atoms with Gasteiger partial charge in [-0.2, -0.15) is 0 Å². The molecule has 1 aliphatic heterocycles. The standard InChI is InChI=1S/C11H15NS/c1-8(2)12-6-9-3-4-11(13)5-10(9)7-12/h3-5,8,13H,6-7H2,1-2H3. The van der Waals surface area contributed by atoms with Gasteiger partial charge in [-0.05, 0) is 37.1 Å². The Morgan fingerprint density at radius 2 is 1.92 bits per heavy atom. The summed E-state index contributed by atoms with van der Waals surface area (Å²) in [6.45, 7) is 6.67. The molecule has 0 aromatic heterocycles. The van der Waals surface area contributed by atoms with Crippen molar-refractivity contribution >= 4 is 12.6 Å². The van der Waals surface area contributed by atoms with E-state index in [4.69, 9.17) is 0 Å². The zero-order chi connectivity index (χ0) is 9.42. The lowest BCUT2D eigenvalue weighted by Gasteiger charge is -2.18. The Kier molecular flexibility index (Phi) is 2.35. The minimum Gasteiger partial charge on any atom is -0.292 e. The first kappa shape index (κ1) is 9.10. The molecule has 0 bridgehead atoms. The molecule has 2 rings (SSSR count). The molecule has 0 amide bonds. The Morgan fingerprint density at radius 3 is 2.62 bits per heavy atom. The van der Waals surface area contributed by atoms with Gasteiger partial charge in [-0.15, -0.1) is 12.6 Å². The van der Waals surface area contributed by atoms with Crippen LogP contribution in [0.25, 0.3) is 0 Å². The van der Waals surface area contributed by atoms with Gasteiger partial charge in [0, 0.05) is 24.0 Å². The Balaban J connectivity index is 2.25. The maximum atomic E-state index is 4.35. The minimum absolute atomic E-state index is 0.635. The average Bonchev–Trinajstić information content (AvgIpc) is 2.46. The zero-order valence-corrected chi connectivity index (χ0v) is 9.01. The van der Waals surface area contributed by atoms with Crippen LogP contribution >= 0.6 is 12.6 Å². The van der Waals surface area contributed by atoms with Crippen molar-refractivity contribution < 1.29 is 0 Å². The molecule has 1 nitrogen and oxygen atoms in total. The van der Waals surface area contributed by atoms with Crippen molar-refractivity contribution in [3.63, 3.8) is 0 Å². The van der Waals surface area contributed by atoms with Gasteiger partial charge in [0.25, 0.3) is 0 Å². The molecule has 0 saturated carbocycles. The van der Waals surface area contributed by atoms with Crippen LogP contribution in [-0.4, -0.2) is 10.9 Å². The molecule has 0 atom stereocenters. The molecule has 0 aliphatic carbocycles. The van der Waals surface area contributed by atoms with Crippen molar-refractivity contribution in [2.24, 2.45) is 0 Å². The summed E-state index contributed by atoms with van der Waals surface area (Å²) < 4.78 is 0. The van der Waals surface area contributed by atoms with Crippen molar-refractivity contribution in [2.75, 3.05) is 0 Å². The van der Waals surface area contributed by atoms with E-state index >= 15 is 0 Å². The van der Waals surface area contributed by atoms with Gasteiger partial charge in [-0.3, -0.25) is 4.90 Å². The predicted molar refractivity (Wildman–Crippen MR) is 58.1 cm³/mol. The summed E-state index contributed by atoms with van der Waals surface area (Å²) in [4.78, 5) is 3.54. The molecule has 13 heavy (non-hydrogen) atoms. The van der Waals surface area contributed by atoms with E-state index in [9.17, 15) is 0 Å². The van der Waals surface area contributed by atoms with Crippen LogP contribution in [0.2, 0.25) is 0 Å². The highest BCUT2D eigenvalue weighted by Crippen LogP contribution is 2.26. The molecule has 0 saturated heterocycles. The molecular formula is C11H15NS. The highest BCUT2D eigenvalue weighted by Gasteiger charge is 2.20.